The molecule has 5 nitrogen and oxygen atoms in total. The minimum atomic E-state index is 0.727. The SMILES string of the molecule is Cc1nn(C)cc1CN1CCN(C(=S)NCc2ccc(Cl)cc2)CC1. The Balaban J connectivity index is 1.44. The number of nitrogens with zero attached hydrogens (tertiary/aromatic N) is 4. The molecule has 0 saturated carbocycles. The maximum atomic E-state index is 5.91. The molecular weight excluding hydrogens is 354 g/mol. The minimum absolute atomic E-state index is 0.727. The lowest BCUT2D eigenvalue weighted by atomic mass is 10.2. The van der Waals surface area contributed by atoms with Gasteiger partial charge in [-0.2, -0.15) is 5.10 Å². The fourth-order valence-corrected chi connectivity index (χ4v) is 3.43. The van der Waals surface area contributed by atoms with Gasteiger partial charge in [0.1, 0.15) is 0 Å². The van der Waals surface area contributed by atoms with E-state index in [1.807, 2.05) is 36.0 Å². The zero-order valence-corrected chi connectivity index (χ0v) is 16.3. The van der Waals surface area contributed by atoms with Crippen LogP contribution in [0.15, 0.2) is 30.5 Å². The van der Waals surface area contributed by atoms with Crippen LogP contribution in [0.25, 0.3) is 0 Å². The molecule has 3 rings (SSSR count). The average molecular weight is 378 g/mol. The first-order valence-electron chi connectivity index (χ1n) is 8.50. The maximum Gasteiger partial charge on any atom is 0.169 e. The molecule has 0 aliphatic carbocycles. The van der Waals surface area contributed by atoms with E-state index in [4.69, 9.17) is 23.8 Å². The molecule has 25 heavy (non-hydrogen) atoms. The third-order valence-electron chi connectivity index (χ3n) is 4.53. The Morgan fingerprint density at radius 3 is 2.48 bits per heavy atom. The van der Waals surface area contributed by atoms with Crippen LogP contribution in [0, 0.1) is 6.92 Å². The Hall–Kier alpha value is -1.63. The van der Waals surface area contributed by atoms with Crippen LogP contribution in [-0.4, -0.2) is 50.9 Å². The summed E-state index contributed by atoms with van der Waals surface area (Å²) in [6.07, 6.45) is 2.11. The van der Waals surface area contributed by atoms with Gasteiger partial charge in [-0.25, -0.2) is 0 Å². The van der Waals surface area contributed by atoms with Crippen molar-refractivity contribution in [1.29, 1.82) is 0 Å². The van der Waals surface area contributed by atoms with Gasteiger partial charge in [0.25, 0.3) is 0 Å². The van der Waals surface area contributed by atoms with E-state index >= 15 is 0 Å². The molecule has 134 valence electrons. The lowest BCUT2D eigenvalue weighted by Gasteiger charge is -2.36. The first kappa shape index (κ1) is 18.2. The number of hydrogen-bond acceptors (Lipinski definition) is 3. The van der Waals surface area contributed by atoms with Crippen molar-refractivity contribution in [2.75, 3.05) is 26.2 Å². The third-order valence-corrected chi connectivity index (χ3v) is 5.18. The van der Waals surface area contributed by atoms with Gasteiger partial charge in [-0.3, -0.25) is 9.58 Å². The number of piperazine rings is 1. The molecular formula is C18H24ClN5S. The summed E-state index contributed by atoms with van der Waals surface area (Å²) in [4.78, 5) is 4.71. The first-order valence-corrected chi connectivity index (χ1v) is 9.28. The molecule has 7 heteroatoms. The van der Waals surface area contributed by atoms with Crippen molar-refractivity contribution in [3.63, 3.8) is 0 Å². The fourth-order valence-electron chi connectivity index (χ4n) is 3.05. The van der Waals surface area contributed by atoms with E-state index < -0.39 is 0 Å². The van der Waals surface area contributed by atoms with E-state index in [1.54, 1.807) is 0 Å². The smallest absolute Gasteiger partial charge is 0.169 e. The van der Waals surface area contributed by atoms with Crippen molar-refractivity contribution < 1.29 is 0 Å². The van der Waals surface area contributed by atoms with Crippen LogP contribution in [0.2, 0.25) is 5.02 Å². The molecule has 0 bridgehead atoms. The largest absolute Gasteiger partial charge is 0.358 e. The van der Waals surface area contributed by atoms with Crippen LogP contribution in [-0.2, 0) is 20.1 Å². The standard InChI is InChI=1S/C18H24ClN5S/c1-14-16(12-22(2)21-14)13-23-7-9-24(10-8-23)18(25)20-11-15-3-5-17(19)6-4-15/h3-6,12H,7-11,13H2,1-2H3,(H,20,25). The van der Waals surface area contributed by atoms with E-state index in [-0.39, 0.29) is 0 Å². The predicted octanol–water partition coefficient (Wildman–Crippen LogP) is 2.57. The van der Waals surface area contributed by atoms with Crippen molar-refractivity contribution in [3.05, 3.63) is 52.3 Å². The van der Waals surface area contributed by atoms with Crippen molar-refractivity contribution in [2.45, 2.75) is 20.0 Å². The summed E-state index contributed by atoms with van der Waals surface area (Å²) in [7, 11) is 1.97. The Labute approximate surface area is 159 Å². The van der Waals surface area contributed by atoms with Gasteiger partial charge in [0.05, 0.1) is 5.69 Å². The molecule has 2 aromatic rings. The quantitative estimate of drug-likeness (QED) is 0.829. The van der Waals surface area contributed by atoms with E-state index in [0.29, 0.717) is 0 Å². The first-order chi connectivity index (χ1) is 12.0. The van der Waals surface area contributed by atoms with Crippen molar-refractivity contribution in [2.24, 2.45) is 7.05 Å². The van der Waals surface area contributed by atoms with E-state index in [1.165, 1.54) is 11.1 Å². The third kappa shape index (κ3) is 4.93. The highest BCUT2D eigenvalue weighted by Gasteiger charge is 2.19. The minimum Gasteiger partial charge on any atom is -0.358 e. The van der Waals surface area contributed by atoms with Crippen LogP contribution >= 0.6 is 23.8 Å². The van der Waals surface area contributed by atoms with Gasteiger partial charge >= 0.3 is 0 Å². The van der Waals surface area contributed by atoms with Crippen LogP contribution in [0.4, 0.5) is 0 Å². The highest BCUT2D eigenvalue weighted by molar-refractivity contribution is 7.80. The summed E-state index contributed by atoms with van der Waals surface area (Å²) in [6.45, 7) is 7.68. The molecule has 2 heterocycles. The molecule has 1 fully saturated rings. The van der Waals surface area contributed by atoms with E-state index in [0.717, 1.165) is 55.1 Å². The Morgan fingerprint density at radius 2 is 1.88 bits per heavy atom. The number of aryl methyl sites for hydroxylation is 2. The number of nitrogens with one attached hydrogen (secondary N) is 1. The van der Waals surface area contributed by atoms with E-state index in [9.17, 15) is 0 Å². The van der Waals surface area contributed by atoms with Crippen LogP contribution < -0.4 is 5.32 Å². The second-order valence-electron chi connectivity index (χ2n) is 6.46. The predicted molar refractivity (Wildman–Crippen MR) is 106 cm³/mol. The lowest BCUT2D eigenvalue weighted by molar-refractivity contribution is 0.174. The monoisotopic (exact) mass is 377 g/mol. The number of benzene rings is 1. The molecule has 1 aromatic heterocycles. The van der Waals surface area contributed by atoms with E-state index in [2.05, 4.69) is 33.3 Å². The lowest BCUT2D eigenvalue weighted by Crippen LogP contribution is -2.51. The number of hydrogen-bond donors (Lipinski definition) is 1. The van der Waals surface area contributed by atoms with Gasteiger partial charge in [-0.15, -0.1) is 0 Å². The number of halogens is 1. The van der Waals surface area contributed by atoms with Gasteiger partial charge in [-0.05, 0) is 36.8 Å². The average Bonchev–Trinajstić information content (AvgIpc) is 2.92. The molecule has 0 unspecified atom stereocenters. The Morgan fingerprint density at radius 1 is 1.20 bits per heavy atom. The molecule has 1 N–H and O–H groups in total. The zero-order chi connectivity index (χ0) is 17.8. The number of thiocarbonyl (C=S) groups is 1. The van der Waals surface area contributed by atoms with Gasteiger partial charge in [0.2, 0.25) is 0 Å². The van der Waals surface area contributed by atoms with Crippen LogP contribution in [0.5, 0.6) is 0 Å². The second kappa shape index (κ2) is 8.17. The molecule has 1 saturated heterocycles. The molecule has 1 aliphatic heterocycles. The summed E-state index contributed by atoms with van der Waals surface area (Å²) in [6, 6.07) is 7.85. The molecule has 1 aliphatic rings. The Bertz CT molecular complexity index is 720. The fraction of sp³-hybridized carbons (Fsp3) is 0.444. The summed E-state index contributed by atoms with van der Waals surface area (Å²) in [5.74, 6) is 0. The van der Waals surface area contributed by atoms with Gasteiger partial charge in [-0.1, -0.05) is 23.7 Å². The summed E-state index contributed by atoms with van der Waals surface area (Å²) < 4.78 is 1.89. The highest BCUT2D eigenvalue weighted by atomic mass is 35.5. The topological polar surface area (TPSA) is 36.3 Å². The number of aromatic nitrogens is 2. The molecule has 0 amide bonds. The normalized spacial score (nSPS) is 15.4. The van der Waals surface area contributed by atoms with Crippen molar-refractivity contribution in [3.8, 4) is 0 Å². The van der Waals surface area contributed by atoms with Crippen LogP contribution in [0.3, 0.4) is 0 Å². The zero-order valence-electron chi connectivity index (χ0n) is 14.7. The maximum absolute atomic E-state index is 5.91. The van der Waals surface area contributed by atoms with Crippen LogP contribution in [0.1, 0.15) is 16.8 Å². The van der Waals surface area contributed by atoms with Crippen molar-refractivity contribution in [1.82, 2.24) is 24.9 Å². The molecule has 1 aromatic carbocycles. The second-order valence-corrected chi connectivity index (χ2v) is 7.28. The summed E-state index contributed by atoms with van der Waals surface area (Å²) >= 11 is 11.5. The highest BCUT2D eigenvalue weighted by Crippen LogP contribution is 2.12. The van der Waals surface area contributed by atoms with Gasteiger partial charge < -0.3 is 10.2 Å². The van der Waals surface area contributed by atoms with Crippen molar-refractivity contribution >= 4 is 28.9 Å². The van der Waals surface area contributed by atoms with Gasteiger partial charge in [0.15, 0.2) is 5.11 Å². The Kier molecular flexibility index (Phi) is 5.93. The summed E-state index contributed by atoms with van der Waals surface area (Å²) in [5, 5.41) is 9.35. The molecule has 0 radical (unpaired) electrons. The summed E-state index contributed by atoms with van der Waals surface area (Å²) in [5.41, 5.74) is 3.60. The van der Waals surface area contributed by atoms with Gasteiger partial charge in [0, 0.05) is 63.1 Å². The molecule has 0 spiro atoms. The number of rotatable bonds is 4. The molecule has 0 atom stereocenters.